The zero-order valence-electron chi connectivity index (χ0n) is 22.7. The summed E-state index contributed by atoms with van der Waals surface area (Å²) < 4.78 is 31.8. The fourth-order valence-electron chi connectivity index (χ4n) is 4.76. The Kier molecular flexibility index (Phi) is 6.96. The van der Waals surface area contributed by atoms with Crippen LogP contribution in [0.1, 0.15) is 24.7 Å². The van der Waals surface area contributed by atoms with Gasteiger partial charge in [-0.05, 0) is 73.4 Å². The van der Waals surface area contributed by atoms with Crippen molar-refractivity contribution in [3.63, 3.8) is 0 Å². The average Bonchev–Trinajstić information content (AvgIpc) is 3.38. The van der Waals surface area contributed by atoms with Gasteiger partial charge < -0.3 is 9.13 Å². The van der Waals surface area contributed by atoms with Gasteiger partial charge in [0.25, 0.3) is 10.1 Å². The van der Waals surface area contributed by atoms with Gasteiger partial charge >= 0.3 is 0 Å². The molecule has 0 fully saturated rings. The van der Waals surface area contributed by atoms with Gasteiger partial charge in [-0.1, -0.05) is 31.2 Å². The summed E-state index contributed by atoms with van der Waals surface area (Å²) in [5.74, 6) is 1.83. The number of imidazole rings is 2. The van der Waals surface area contributed by atoms with E-state index >= 15 is 0 Å². The summed E-state index contributed by atoms with van der Waals surface area (Å²) in [6.07, 6.45) is 2.38. The van der Waals surface area contributed by atoms with Gasteiger partial charge in [-0.3, -0.25) is 9.54 Å². The predicted octanol–water partition coefficient (Wildman–Crippen LogP) is 6.24. The Morgan fingerprint density at radius 2 is 1.46 bits per heavy atom. The van der Waals surface area contributed by atoms with Gasteiger partial charge in [-0.25, -0.2) is 9.97 Å². The van der Waals surface area contributed by atoms with Gasteiger partial charge in [-0.15, -0.1) is 0 Å². The number of rotatable bonds is 4. The van der Waals surface area contributed by atoms with E-state index in [0.29, 0.717) is 6.42 Å². The van der Waals surface area contributed by atoms with Gasteiger partial charge in [0.05, 0.1) is 33.3 Å². The fourth-order valence-corrected chi connectivity index (χ4v) is 5.27. The highest BCUT2D eigenvalue weighted by molar-refractivity contribution is 7.85. The molecule has 0 saturated carbocycles. The van der Waals surface area contributed by atoms with Gasteiger partial charge in [0.2, 0.25) is 0 Å². The molecule has 3 aromatic heterocycles. The maximum atomic E-state index is 9.79. The van der Waals surface area contributed by atoms with E-state index in [4.69, 9.17) is 14.5 Å². The van der Waals surface area contributed by atoms with E-state index in [9.17, 15) is 8.42 Å². The number of hydrogen-bond donors (Lipinski definition) is 1. The van der Waals surface area contributed by atoms with E-state index < -0.39 is 10.1 Å². The SMILES string of the molecule is CCCS(=O)(=O)O.Cc1cnc2cc(-c3nc4ccc(-c5ccc6c(c5)nc(C)n6C)cc4n3C)ccc2c1. The minimum atomic E-state index is -3.67. The molecule has 9 heteroatoms. The molecule has 0 aliphatic rings. The lowest BCUT2D eigenvalue weighted by atomic mass is 10.0. The van der Waals surface area contributed by atoms with Crippen LogP contribution in [-0.4, -0.2) is 42.8 Å². The van der Waals surface area contributed by atoms with E-state index in [2.05, 4.69) is 95.8 Å². The molecule has 0 saturated heterocycles. The molecular weight excluding hydrogens is 510 g/mol. The average molecular weight is 542 g/mol. The molecule has 39 heavy (non-hydrogen) atoms. The minimum absolute atomic E-state index is 0.132. The van der Waals surface area contributed by atoms with Crippen molar-refractivity contribution in [3.8, 4) is 22.5 Å². The first kappa shape index (κ1) is 26.5. The van der Waals surface area contributed by atoms with Crippen LogP contribution in [0.4, 0.5) is 0 Å². The molecule has 0 spiro atoms. The number of pyridine rings is 1. The summed E-state index contributed by atoms with van der Waals surface area (Å²) in [7, 11) is 0.454. The quantitative estimate of drug-likeness (QED) is 0.265. The Hall–Kier alpha value is -4.08. The third kappa shape index (κ3) is 5.41. The fraction of sp³-hybridized carbons (Fsp3) is 0.233. The third-order valence-corrected chi connectivity index (χ3v) is 7.78. The number of hydrogen-bond acceptors (Lipinski definition) is 5. The minimum Gasteiger partial charge on any atom is -0.331 e. The first-order chi connectivity index (χ1) is 18.5. The number of benzene rings is 3. The van der Waals surface area contributed by atoms with Crippen molar-refractivity contribution >= 4 is 43.1 Å². The number of fused-ring (bicyclic) bond motifs is 3. The Morgan fingerprint density at radius 1 is 0.769 bits per heavy atom. The number of aryl methyl sites for hydroxylation is 4. The molecule has 0 aliphatic carbocycles. The topological polar surface area (TPSA) is 103 Å². The Balaban J connectivity index is 0.000000392. The first-order valence-electron chi connectivity index (χ1n) is 12.8. The highest BCUT2D eigenvalue weighted by Crippen LogP contribution is 2.31. The highest BCUT2D eigenvalue weighted by Gasteiger charge is 2.13. The standard InChI is InChI=1S/C27H23N5.C3H8O3S/c1-16-11-20-5-6-21(13-23(20)28-15-16)27-30-22-9-7-19(14-26(22)32(27)4)18-8-10-25-24(12-18)29-17(2)31(25)3;1-2-3-7(4,5)6/h5-15H,1-4H3;2-3H2,1H3,(H,4,5,6). The predicted molar refractivity (Wildman–Crippen MR) is 157 cm³/mol. The molecule has 3 aromatic carbocycles. The van der Waals surface area contributed by atoms with Crippen molar-refractivity contribution in [1.82, 2.24) is 24.1 Å². The molecule has 0 atom stereocenters. The van der Waals surface area contributed by atoms with E-state index in [1.165, 1.54) is 5.56 Å². The van der Waals surface area contributed by atoms with E-state index in [0.717, 1.165) is 61.3 Å². The molecule has 0 bridgehead atoms. The van der Waals surface area contributed by atoms with Crippen LogP contribution in [0.5, 0.6) is 0 Å². The zero-order chi connectivity index (χ0) is 27.9. The first-order valence-corrected chi connectivity index (χ1v) is 14.4. The molecule has 0 amide bonds. The lowest BCUT2D eigenvalue weighted by molar-refractivity contribution is 0.482. The van der Waals surface area contributed by atoms with Gasteiger partial charge in [-0.2, -0.15) is 8.42 Å². The van der Waals surface area contributed by atoms with Crippen LogP contribution >= 0.6 is 0 Å². The molecule has 0 aliphatic heterocycles. The normalized spacial score (nSPS) is 11.7. The van der Waals surface area contributed by atoms with Crippen LogP contribution in [0.25, 0.3) is 55.5 Å². The van der Waals surface area contributed by atoms with Gasteiger partial charge in [0, 0.05) is 31.2 Å². The molecule has 0 radical (unpaired) electrons. The van der Waals surface area contributed by atoms with Crippen LogP contribution in [0.3, 0.4) is 0 Å². The molecule has 6 aromatic rings. The summed E-state index contributed by atoms with van der Waals surface area (Å²) in [6, 6.07) is 21.5. The molecule has 6 rings (SSSR count). The monoisotopic (exact) mass is 541 g/mol. The second kappa shape index (κ2) is 10.2. The summed E-state index contributed by atoms with van der Waals surface area (Å²) >= 11 is 0. The molecule has 8 nitrogen and oxygen atoms in total. The smallest absolute Gasteiger partial charge is 0.264 e. The van der Waals surface area contributed by atoms with Crippen molar-refractivity contribution in [1.29, 1.82) is 0 Å². The molecule has 200 valence electrons. The van der Waals surface area contributed by atoms with Crippen molar-refractivity contribution in [2.24, 2.45) is 14.1 Å². The summed E-state index contributed by atoms with van der Waals surface area (Å²) in [6.45, 7) is 5.79. The van der Waals surface area contributed by atoms with Gasteiger partial charge in [0.15, 0.2) is 0 Å². The van der Waals surface area contributed by atoms with E-state index in [1.54, 1.807) is 6.92 Å². The maximum absolute atomic E-state index is 9.79. The molecule has 3 heterocycles. The van der Waals surface area contributed by atoms with Crippen LogP contribution in [0.15, 0.2) is 66.9 Å². The molecular formula is C30H31N5O3S. The summed E-state index contributed by atoms with van der Waals surface area (Å²) in [5, 5.41) is 1.15. The van der Waals surface area contributed by atoms with Crippen LogP contribution in [0, 0.1) is 13.8 Å². The lowest BCUT2D eigenvalue weighted by Gasteiger charge is -2.06. The van der Waals surface area contributed by atoms with Gasteiger partial charge in [0.1, 0.15) is 11.6 Å². The van der Waals surface area contributed by atoms with Crippen LogP contribution in [-0.2, 0) is 24.2 Å². The number of nitrogens with zero attached hydrogens (tertiary/aromatic N) is 5. The van der Waals surface area contributed by atoms with Crippen molar-refractivity contribution in [2.75, 3.05) is 5.75 Å². The summed E-state index contributed by atoms with van der Waals surface area (Å²) in [5.41, 5.74) is 9.80. The Labute approximate surface area is 227 Å². The summed E-state index contributed by atoms with van der Waals surface area (Å²) in [4.78, 5) is 14.2. The Bertz CT molecular complexity index is 1950. The Morgan fingerprint density at radius 3 is 2.18 bits per heavy atom. The van der Waals surface area contributed by atoms with Crippen molar-refractivity contribution < 1.29 is 13.0 Å². The third-order valence-electron chi connectivity index (χ3n) is 6.86. The van der Waals surface area contributed by atoms with E-state index in [-0.39, 0.29) is 5.75 Å². The second-order valence-corrected chi connectivity index (χ2v) is 11.4. The van der Waals surface area contributed by atoms with Crippen LogP contribution in [0.2, 0.25) is 0 Å². The zero-order valence-corrected chi connectivity index (χ0v) is 23.5. The maximum Gasteiger partial charge on any atom is 0.264 e. The second-order valence-electron chi connectivity index (χ2n) is 9.83. The lowest BCUT2D eigenvalue weighted by Crippen LogP contribution is -2.01. The highest BCUT2D eigenvalue weighted by atomic mass is 32.2. The van der Waals surface area contributed by atoms with Crippen LogP contribution < -0.4 is 0 Å². The van der Waals surface area contributed by atoms with Crippen molar-refractivity contribution in [3.05, 3.63) is 78.2 Å². The van der Waals surface area contributed by atoms with Crippen molar-refractivity contribution in [2.45, 2.75) is 27.2 Å². The molecule has 1 N–H and O–H groups in total. The van der Waals surface area contributed by atoms with E-state index in [1.807, 2.05) is 13.1 Å². The molecule has 0 unspecified atom stereocenters. The number of aromatic nitrogens is 5. The largest absolute Gasteiger partial charge is 0.331 e.